The quantitative estimate of drug-likeness (QED) is 0.617. The monoisotopic (exact) mass is 409 g/mol. The summed E-state index contributed by atoms with van der Waals surface area (Å²) in [4.78, 5) is 24.9. The topological polar surface area (TPSA) is 105 Å². The molecule has 9 heteroatoms. The van der Waals surface area contributed by atoms with E-state index in [2.05, 4.69) is 17.2 Å². The van der Waals surface area contributed by atoms with Crippen molar-refractivity contribution < 1.29 is 22.7 Å². The van der Waals surface area contributed by atoms with E-state index in [0.29, 0.717) is 19.8 Å². The summed E-state index contributed by atoms with van der Waals surface area (Å²) in [6.07, 6.45) is 1.55. The molecule has 1 aromatic rings. The number of hydrogen-bond donors (Lipinski definition) is 2. The van der Waals surface area contributed by atoms with Crippen molar-refractivity contribution in [3.63, 3.8) is 0 Å². The third kappa shape index (κ3) is 5.40. The molecular weight excluding hydrogens is 382 g/mol. The minimum atomic E-state index is -3.71. The van der Waals surface area contributed by atoms with E-state index in [0.717, 1.165) is 0 Å². The number of ether oxygens (including phenoxy) is 1. The highest BCUT2D eigenvalue weighted by Gasteiger charge is 2.28. The number of nitrogens with zero attached hydrogens (tertiary/aromatic N) is 1. The van der Waals surface area contributed by atoms with Crippen LogP contribution in [0.3, 0.4) is 0 Å². The molecule has 0 aromatic heterocycles. The summed E-state index contributed by atoms with van der Waals surface area (Å²) >= 11 is 0. The van der Waals surface area contributed by atoms with Crippen LogP contribution in [-0.2, 0) is 19.6 Å². The van der Waals surface area contributed by atoms with Gasteiger partial charge in [0.25, 0.3) is 5.91 Å². The summed E-state index contributed by atoms with van der Waals surface area (Å²) in [5.41, 5.74) is 0.177. The van der Waals surface area contributed by atoms with E-state index in [-0.39, 0.29) is 35.4 Å². The Kier molecular flexibility index (Phi) is 7.73. The van der Waals surface area contributed by atoms with Crippen LogP contribution in [-0.4, -0.2) is 63.4 Å². The van der Waals surface area contributed by atoms with E-state index in [4.69, 9.17) is 4.74 Å². The van der Waals surface area contributed by atoms with Gasteiger partial charge in [0.15, 0.2) is 0 Å². The smallest absolute Gasteiger partial charge is 0.251 e. The molecule has 28 heavy (non-hydrogen) atoms. The normalized spacial score (nSPS) is 16.4. The maximum atomic E-state index is 12.8. The molecule has 2 rings (SSSR count). The first kappa shape index (κ1) is 22.1. The fraction of sp³-hybridized carbons (Fsp3) is 0.474. The Labute approximate surface area is 166 Å². The van der Waals surface area contributed by atoms with Crippen molar-refractivity contribution in [2.75, 3.05) is 32.8 Å². The fourth-order valence-corrected chi connectivity index (χ4v) is 4.23. The molecule has 0 spiro atoms. The van der Waals surface area contributed by atoms with Gasteiger partial charge in [0.2, 0.25) is 15.9 Å². The van der Waals surface area contributed by atoms with E-state index in [1.54, 1.807) is 6.08 Å². The Hall–Kier alpha value is -2.23. The summed E-state index contributed by atoms with van der Waals surface area (Å²) < 4.78 is 32.1. The first-order chi connectivity index (χ1) is 13.3. The van der Waals surface area contributed by atoms with Crippen LogP contribution in [0, 0.1) is 5.92 Å². The van der Waals surface area contributed by atoms with E-state index in [9.17, 15) is 18.0 Å². The summed E-state index contributed by atoms with van der Waals surface area (Å²) in [5, 5.41) is 5.35. The first-order valence-electron chi connectivity index (χ1n) is 9.14. The number of benzene rings is 1. The molecule has 1 aromatic carbocycles. The van der Waals surface area contributed by atoms with E-state index >= 15 is 0 Å². The maximum absolute atomic E-state index is 12.8. The number of morpholine rings is 1. The third-order valence-electron chi connectivity index (χ3n) is 4.36. The van der Waals surface area contributed by atoms with Crippen molar-refractivity contribution in [3.8, 4) is 0 Å². The van der Waals surface area contributed by atoms with Gasteiger partial charge < -0.3 is 15.4 Å². The average molecular weight is 410 g/mol. The zero-order valence-electron chi connectivity index (χ0n) is 16.2. The van der Waals surface area contributed by atoms with Gasteiger partial charge in [-0.3, -0.25) is 9.59 Å². The van der Waals surface area contributed by atoms with E-state index in [1.165, 1.54) is 28.6 Å². The van der Waals surface area contributed by atoms with Crippen LogP contribution < -0.4 is 10.6 Å². The average Bonchev–Trinajstić information content (AvgIpc) is 2.70. The molecule has 0 saturated carbocycles. The van der Waals surface area contributed by atoms with Crippen molar-refractivity contribution in [3.05, 3.63) is 42.5 Å². The van der Waals surface area contributed by atoms with Gasteiger partial charge >= 0.3 is 0 Å². The molecule has 1 aliphatic heterocycles. The predicted molar refractivity (Wildman–Crippen MR) is 105 cm³/mol. The zero-order chi connectivity index (χ0) is 20.7. The molecule has 0 aliphatic carbocycles. The largest absolute Gasteiger partial charge is 0.379 e. The van der Waals surface area contributed by atoms with Crippen LogP contribution in [0.4, 0.5) is 0 Å². The lowest BCUT2D eigenvalue weighted by atomic mass is 10.0. The Morgan fingerprint density at radius 1 is 1.29 bits per heavy atom. The Bertz CT molecular complexity index is 817. The standard InChI is InChI=1S/C19H27N3O5S/c1-4-8-20-19(24)17(14(2)3)21-18(23)15-6-5-7-16(13-15)28(25,26)22-9-11-27-12-10-22/h4-7,13-14,17H,1,8-12H2,2-3H3,(H,20,24)(H,21,23)/t17-/m0/s1. The minimum Gasteiger partial charge on any atom is -0.379 e. The molecule has 1 saturated heterocycles. The Morgan fingerprint density at radius 2 is 1.96 bits per heavy atom. The molecule has 8 nitrogen and oxygen atoms in total. The number of sulfonamides is 1. The summed E-state index contributed by atoms with van der Waals surface area (Å²) in [6.45, 7) is 8.71. The number of nitrogens with one attached hydrogen (secondary N) is 2. The lowest BCUT2D eigenvalue weighted by Crippen LogP contribution is -2.49. The van der Waals surface area contributed by atoms with Gasteiger partial charge in [-0.2, -0.15) is 4.31 Å². The molecule has 2 amide bonds. The molecule has 1 fully saturated rings. The number of carbonyl (C=O) groups excluding carboxylic acids is 2. The molecule has 2 N–H and O–H groups in total. The van der Waals surface area contributed by atoms with Crippen LogP contribution in [0.15, 0.2) is 41.8 Å². The predicted octanol–water partition coefficient (Wildman–Crippen LogP) is 0.764. The third-order valence-corrected chi connectivity index (χ3v) is 6.26. The highest BCUT2D eigenvalue weighted by Crippen LogP contribution is 2.18. The lowest BCUT2D eigenvalue weighted by Gasteiger charge is -2.26. The molecule has 1 atom stereocenters. The van der Waals surface area contributed by atoms with Gasteiger partial charge in [0, 0.05) is 25.2 Å². The number of carbonyl (C=O) groups is 2. The van der Waals surface area contributed by atoms with Crippen molar-refractivity contribution in [1.29, 1.82) is 0 Å². The fourth-order valence-electron chi connectivity index (χ4n) is 2.78. The first-order valence-corrected chi connectivity index (χ1v) is 10.6. The van der Waals surface area contributed by atoms with Crippen molar-refractivity contribution in [2.24, 2.45) is 5.92 Å². The second kappa shape index (κ2) is 9.81. The summed E-state index contributed by atoms with van der Waals surface area (Å²) in [6, 6.07) is 5.08. The molecule has 0 unspecified atom stereocenters. The number of hydrogen-bond acceptors (Lipinski definition) is 5. The summed E-state index contributed by atoms with van der Waals surface area (Å²) in [7, 11) is -3.71. The lowest BCUT2D eigenvalue weighted by molar-refractivity contribution is -0.123. The molecule has 154 valence electrons. The molecule has 0 radical (unpaired) electrons. The zero-order valence-corrected chi connectivity index (χ0v) is 17.0. The maximum Gasteiger partial charge on any atom is 0.251 e. The van der Waals surface area contributed by atoms with E-state index < -0.39 is 22.0 Å². The number of rotatable bonds is 8. The van der Waals surface area contributed by atoms with Gasteiger partial charge in [-0.25, -0.2) is 8.42 Å². The second-order valence-electron chi connectivity index (χ2n) is 6.77. The van der Waals surface area contributed by atoms with Crippen molar-refractivity contribution in [1.82, 2.24) is 14.9 Å². The van der Waals surface area contributed by atoms with Gasteiger partial charge in [-0.15, -0.1) is 6.58 Å². The van der Waals surface area contributed by atoms with Crippen molar-refractivity contribution in [2.45, 2.75) is 24.8 Å². The molecular formula is C19H27N3O5S. The SMILES string of the molecule is C=CCNC(=O)[C@@H](NC(=O)c1cccc(S(=O)(=O)N2CCOCC2)c1)C(C)C. The number of amides is 2. The van der Waals surface area contributed by atoms with Crippen LogP contribution in [0.2, 0.25) is 0 Å². The van der Waals surface area contributed by atoms with Gasteiger partial charge in [-0.1, -0.05) is 26.0 Å². The Balaban J connectivity index is 2.18. The van der Waals surface area contributed by atoms with Crippen molar-refractivity contribution >= 4 is 21.8 Å². The van der Waals surface area contributed by atoms with Crippen LogP contribution in [0.1, 0.15) is 24.2 Å². The van der Waals surface area contributed by atoms with Gasteiger partial charge in [-0.05, 0) is 24.1 Å². The van der Waals surface area contributed by atoms with Crippen LogP contribution in [0.25, 0.3) is 0 Å². The van der Waals surface area contributed by atoms with Gasteiger partial charge in [0.1, 0.15) is 6.04 Å². The highest BCUT2D eigenvalue weighted by molar-refractivity contribution is 7.89. The summed E-state index contributed by atoms with van der Waals surface area (Å²) in [5.74, 6) is -0.971. The van der Waals surface area contributed by atoms with Crippen LogP contribution in [0.5, 0.6) is 0 Å². The van der Waals surface area contributed by atoms with Gasteiger partial charge in [0.05, 0.1) is 18.1 Å². The Morgan fingerprint density at radius 3 is 2.57 bits per heavy atom. The van der Waals surface area contributed by atoms with E-state index in [1.807, 2.05) is 13.8 Å². The highest BCUT2D eigenvalue weighted by atomic mass is 32.2. The molecule has 0 bridgehead atoms. The minimum absolute atomic E-state index is 0.0410. The second-order valence-corrected chi connectivity index (χ2v) is 8.71. The molecule has 1 heterocycles. The van der Waals surface area contributed by atoms with Crippen LogP contribution >= 0.6 is 0 Å². The molecule has 1 aliphatic rings.